The van der Waals surface area contributed by atoms with E-state index in [1.54, 1.807) is 6.92 Å². The lowest BCUT2D eigenvalue weighted by molar-refractivity contribution is -0.126. The molecule has 3 nitrogen and oxygen atoms in total. The highest BCUT2D eigenvalue weighted by Gasteiger charge is 2.46. The van der Waals surface area contributed by atoms with Gasteiger partial charge in [-0.2, -0.15) is 0 Å². The minimum Gasteiger partial charge on any atom is -0.324 e. The van der Waals surface area contributed by atoms with Crippen LogP contribution in [0.3, 0.4) is 0 Å². The molecule has 0 aromatic carbocycles. The van der Waals surface area contributed by atoms with Crippen LogP contribution in [0.1, 0.15) is 60.3 Å². The Morgan fingerprint density at radius 2 is 1.19 bits per heavy atom. The van der Waals surface area contributed by atoms with Gasteiger partial charge in [-0.3, -0.25) is 4.79 Å². The van der Waals surface area contributed by atoms with Gasteiger partial charge in [0.2, 0.25) is 0 Å². The Hall–Kier alpha value is -0.410. The van der Waals surface area contributed by atoms with Crippen molar-refractivity contribution < 1.29 is 4.79 Å². The van der Waals surface area contributed by atoms with Crippen molar-refractivity contribution in [2.24, 2.45) is 17.4 Å². The molecule has 16 heavy (non-hydrogen) atoms. The molecule has 3 heteroatoms. The van der Waals surface area contributed by atoms with Gasteiger partial charge in [-0.15, -0.1) is 0 Å². The summed E-state index contributed by atoms with van der Waals surface area (Å²) in [6.45, 7) is 9.75. The highest BCUT2D eigenvalue weighted by atomic mass is 16.1. The van der Waals surface area contributed by atoms with Crippen molar-refractivity contribution in [1.82, 2.24) is 0 Å². The van der Waals surface area contributed by atoms with Gasteiger partial charge in [0.05, 0.1) is 5.92 Å². The van der Waals surface area contributed by atoms with Crippen LogP contribution in [0.5, 0.6) is 0 Å². The summed E-state index contributed by atoms with van der Waals surface area (Å²) in [5.41, 5.74) is 11.8. The first-order valence-electron chi connectivity index (χ1n) is 6.39. The Morgan fingerprint density at radius 3 is 1.31 bits per heavy atom. The maximum absolute atomic E-state index is 11.9. The van der Waals surface area contributed by atoms with Crippen molar-refractivity contribution in [2.75, 3.05) is 0 Å². The molecule has 4 N–H and O–H groups in total. The van der Waals surface area contributed by atoms with Crippen LogP contribution in [0.15, 0.2) is 0 Å². The van der Waals surface area contributed by atoms with Gasteiger partial charge in [0.25, 0.3) is 0 Å². The van der Waals surface area contributed by atoms with Crippen molar-refractivity contribution in [3.8, 4) is 0 Å². The van der Waals surface area contributed by atoms with Crippen LogP contribution >= 0.6 is 0 Å². The van der Waals surface area contributed by atoms with E-state index in [9.17, 15) is 4.79 Å². The number of nitrogens with two attached hydrogens (primary N) is 2. The lowest BCUT2D eigenvalue weighted by Crippen LogP contribution is -2.62. The van der Waals surface area contributed by atoms with Gasteiger partial charge in [0.1, 0.15) is 5.78 Å². The molecule has 0 aliphatic rings. The van der Waals surface area contributed by atoms with Crippen LogP contribution in [-0.2, 0) is 4.79 Å². The standard InChI is InChI=1S/C13H28N2O/c1-6-12(14,7-2)11(10(5)16)13(15,8-3)9-4/h11H,6-9,14-15H2,1-5H3. The monoisotopic (exact) mass is 228 g/mol. The predicted molar refractivity (Wildman–Crippen MR) is 69.2 cm³/mol. The second kappa shape index (κ2) is 5.78. The lowest BCUT2D eigenvalue weighted by Gasteiger charge is -2.45. The summed E-state index contributed by atoms with van der Waals surface area (Å²) in [4.78, 5) is 11.9. The van der Waals surface area contributed by atoms with Gasteiger partial charge < -0.3 is 11.5 Å². The van der Waals surface area contributed by atoms with E-state index in [4.69, 9.17) is 11.5 Å². The summed E-state index contributed by atoms with van der Waals surface area (Å²) in [7, 11) is 0. The number of Topliss-reactive ketones (excluding diaryl/α,β-unsaturated/α-hetero) is 1. The minimum absolute atomic E-state index is 0.123. The van der Waals surface area contributed by atoms with Gasteiger partial charge in [0, 0.05) is 11.1 Å². The zero-order valence-electron chi connectivity index (χ0n) is 11.5. The summed E-state index contributed by atoms with van der Waals surface area (Å²) in [6.07, 6.45) is 3.14. The third-order valence-electron chi connectivity index (χ3n) is 4.19. The van der Waals surface area contributed by atoms with E-state index in [1.165, 1.54) is 0 Å². The molecule has 0 rings (SSSR count). The Bertz CT molecular complexity index is 212. The predicted octanol–water partition coefficient (Wildman–Crippen LogP) is 2.23. The molecular weight excluding hydrogens is 200 g/mol. The Labute approximate surface area is 100.0 Å². The summed E-state index contributed by atoms with van der Waals surface area (Å²) in [5, 5.41) is 0. The number of carbonyl (C=O) groups is 1. The number of hydrogen-bond donors (Lipinski definition) is 2. The summed E-state index contributed by atoms with van der Waals surface area (Å²) in [5.74, 6) is -0.123. The van der Waals surface area contributed by atoms with Crippen molar-refractivity contribution >= 4 is 5.78 Å². The van der Waals surface area contributed by atoms with Gasteiger partial charge >= 0.3 is 0 Å². The van der Waals surface area contributed by atoms with Crippen LogP contribution in [0.25, 0.3) is 0 Å². The van der Waals surface area contributed by atoms with E-state index in [0.717, 1.165) is 25.7 Å². The Morgan fingerprint density at radius 1 is 0.938 bits per heavy atom. The second-order valence-corrected chi connectivity index (χ2v) is 4.92. The molecule has 0 heterocycles. The molecule has 0 radical (unpaired) electrons. The molecule has 0 bridgehead atoms. The maximum atomic E-state index is 11.9. The SMILES string of the molecule is CCC(N)(CC)C(C(C)=O)C(N)(CC)CC. The third-order valence-corrected chi connectivity index (χ3v) is 4.19. The van der Waals surface area contributed by atoms with E-state index >= 15 is 0 Å². The molecule has 0 amide bonds. The molecule has 0 fully saturated rings. The van der Waals surface area contributed by atoms with E-state index in [2.05, 4.69) is 0 Å². The zero-order chi connectivity index (χ0) is 13.0. The molecule has 0 saturated carbocycles. The van der Waals surface area contributed by atoms with Crippen LogP contribution in [0.2, 0.25) is 0 Å². The third kappa shape index (κ3) is 2.83. The smallest absolute Gasteiger partial charge is 0.136 e. The normalized spacial score (nSPS) is 13.2. The maximum Gasteiger partial charge on any atom is 0.136 e. The fraction of sp³-hybridized carbons (Fsp3) is 0.923. The average molecular weight is 228 g/mol. The first kappa shape index (κ1) is 15.6. The molecular formula is C13H28N2O. The first-order chi connectivity index (χ1) is 7.31. The molecule has 0 aromatic heterocycles. The molecule has 0 aliphatic heterocycles. The number of hydrogen-bond acceptors (Lipinski definition) is 3. The molecule has 0 spiro atoms. The van der Waals surface area contributed by atoms with Crippen LogP contribution in [-0.4, -0.2) is 16.9 Å². The van der Waals surface area contributed by atoms with Crippen LogP contribution in [0, 0.1) is 5.92 Å². The molecule has 0 saturated heterocycles. The Balaban J connectivity index is 5.38. The summed E-state index contributed by atoms with van der Waals surface area (Å²) >= 11 is 0. The van der Waals surface area contributed by atoms with Gasteiger partial charge in [0.15, 0.2) is 0 Å². The Kier molecular flexibility index (Phi) is 5.63. The van der Waals surface area contributed by atoms with E-state index < -0.39 is 11.1 Å². The summed E-state index contributed by atoms with van der Waals surface area (Å²) in [6, 6.07) is 0. The number of ketones is 1. The van der Waals surface area contributed by atoms with Crippen LogP contribution in [0.4, 0.5) is 0 Å². The van der Waals surface area contributed by atoms with Crippen molar-refractivity contribution in [3.05, 3.63) is 0 Å². The fourth-order valence-corrected chi connectivity index (χ4v) is 2.70. The number of rotatable bonds is 7. The molecule has 0 atom stereocenters. The molecule has 96 valence electrons. The first-order valence-corrected chi connectivity index (χ1v) is 6.39. The second-order valence-electron chi connectivity index (χ2n) is 4.92. The van der Waals surface area contributed by atoms with Gasteiger partial charge in [-0.25, -0.2) is 0 Å². The van der Waals surface area contributed by atoms with E-state index in [0.29, 0.717) is 0 Å². The van der Waals surface area contributed by atoms with Gasteiger partial charge in [-0.1, -0.05) is 27.7 Å². The number of carbonyl (C=O) groups excluding carboxylic acids is 1. The summed E-state index contributed by atoms with van der Waals surface area (Å²) < 4.78 is 0. The van der Waals surface area contributed by atoms with Crippen LogP contribution < -0.4 is 11.5 Å². The van der Waals surface area contributed by atoms with Crippen molar-refractivity contribution in [1.29, 1.82) is 0 Å². The van der Waals surface area contributed by atoms with Crippen molar-refractivity contribution in [2.45, 2.75) is 71.4 Å². The van der Waals surface area contributed by atoms with Gasteiger partial charge in [-0.05, 0) is 32.6 Å². The highest BCUT2D eigenvalue weighted by Crippen LogP contribution is 2.35. The zero-order valence-corrected chi connectivity index (χ0v) is 11.5. The minimum atomic E-state index is -0.466. The van der Waals surface area contributed by atoms with E-state index in [-0.39, 0.29) is 11.7 Å². The largest absolute Gasteiger partial charge is 0.324 e. The topological polar surface area (TPSA) is 69.1 Å². The molecule has 0 unspecified atom stereocenters. The van der Waals surface area contributed by atoms with Crippen molar-refractivity contribution in [3.63, 3.8) is 0 Å². The lowest BCUT2D eigenvalue weighted by atomic mass is 9.65. The average Bonchev–Trinajstić information content (AvgIpc) is 2.28. The highest BCUT2D eigenvalue weighted by molar-refractivity contribution is 5.81. The molecule has 0 aliphatic carbocycles. The molecule has 0 aromatic rings. The van der Waals surface area contributed by atoms with E-state index in [1.807, 2.05) is 27.7 Å². The quantitative estimate of drug-likeness (QED) is 0.702. The fourth-order valence-electron chi connectivity index (χ4n) is 2.70.